The average molecular weight is 353 g/mol. The molecule has 0 unspecified atom stereocenters. The van der Waals surface area contributed by atoms with Crippen LogP contribution < -0.4 is 10.2 Å². The molecule has 1 aromatic carbocycles. The van der Waals surface area contributed by atoms with Crippen LogP contribution in [0.4, 0.5) is 5.95 Å². The highest BCUT2D eigenvalue weighted by molar-refractivity contribution is 5.76. The Bertz CT molecular complexity index is 656. The van der Waals surface area contributed by atoms with E-state index in [1.807, 2.05) is 17.0 Å². The second-order valence-corrected chi connectivity index (χ2v) is 6.51. The van der Waals surface area contributed by atoms with E-state index >= 15 is 0 Å². The minimum atomic E-state index is 0.231. The summed E-state index contributed by atoms with van der Waals surface area (Å²) in [6, 6.07) is 12.3. The molecule has 2 heterocycles. The van der Waals surface area contributed by atoms with Gasteiger partial charge in [0.15, 0.2) is 0 Å². The van der Waals surface area contributed by atoms with Crippen LogP contribution in [-0.4, -0.2) is 60.0 Å². The molecule has 0 atom stereocenters. The molecule has 1 aliphatic rings. The standard InChI is InChI=1S/C20H27N5O/c26-19(9-13-21-10-4-8-18-6-2-1-3-7-18)24-14-16-25(17-15-24)20-22-11-5-12-23-20/h1-3,5-7,11-12,21H,4,8-10,13-17H2. The summed E-state index contributed by atoms with van der Waals surface area (Å²) in [7, 11) is 0. The predicted octanol–water partition coefficient (Wildman–Crippen LogP) is 1.74. The fraction of sp³-hybridized carbons (Fsp3) is 0.450. The molecule has 0 spiro atoms. The number of anilines is 1. The third-order valence-electron chi connectivity index (χ3n) is 4.64. The van der Waals surface area contributed by atoms with E-state index in [9.17, 15) is 4.79 Å². The van der Waals surface area contributed by atoms with Gasteiger partial charge in [0.1, 0.15) is 0 Å². The van der Waals surface area contributed by atoms with Gasteiger partial charge in [0, 0.05) is 51.5 Å². The van der Waals surface area contributed by atoms with Crippen molar-refractivity contribution in [2.24, 2.45) is 0 Å². The molecule has 1 amide bonds. The van der Waals surface area contributed by atoms with Gasteiger partial charge in [-0.25, -0.2) is 9.97 Å². The topological polar surface area (TPSA) is 61.4 Å². The molecule has 1 aliphatic heterocycles. The molecule has 6 nitrogen and oxygen atoms in total. The fourth-order valence-electron chi connectivity index (χ4n) is 3.15. The second-order valence-electron chi connectivity index (χ2n) is 6.51. The summed E-state index contributed by atoms with van der Waals surface area (Å²) in [5.74, 6) is 0.980. The van der Waals surface area contributed by atoms with E-state index in [0.29, 0.717) is 6.42 Å². The number of aromatic nitrogens is 2. The highest BCUT2D eigenvalue weighted by Crippen LogP contribution is 2.10. The van der Waals surface area contributed by atoms with Crippen LogP contribution in [0.3, 0.4) is 0 Å². The lowest BCUT2D eigenvalue weighted by Gasteiger charge is -2.34. The van der Waals surface area contributed by atoms with Gasteiger partial charge in [0.25, 0.3) is 0 Å². The summed E-state index contributed by atoms with van der Waals surface area (Å²) in [6.45, 7) is 4.76. The van der Waals surface area contributed by atoms with Crippen molar-refractivity contribution in [2.45, 2.75) is 19.3 Å². The largest absolute Gasteiger partial charge is 0.339 e. The van der Waals surface area contributed by atoms with Gasteiger partial charge in [-0.15, -0.1) is 0 Å². The SMILES string of the molecule is O=C(CCNCCCc1ccccc1)N1CCN(c2ncccn2)CC1. The smallest absolute Gasteiger partial charge is 0.225 e. The predicted molar refractivity (Wildman–Crippen MR) is 103 cm³/mol. The molecule has 2 aromatic rings. The molecule has 0 saturated carbocycles. The first-order valence-electron chi connectivity index (χ1n) is 9.37. The van der Waals surface area contributed by atoms with Crippen molar-refractivity contribution in [3.8, 4) is 0 Å². The molecular formula is C20H27N5O. The highest BCUT2D eigenvalue weighted by Gasteiger charge is 2.21. The van der Waals surface area contributed by atoms with E-state index < -0.39 is 0 Å². The van der Waals surface area contributed by atoms with Crippen molar-refractivity contribution < 1.29 is 4.79 Å². The zero-order valence-electron chi connectivity index (χ0n) is 15.2. The first kappa shape index (κ1) is 18.3. The number of benzene rings is 1. The van der Waals surface area contributed by atoms with E-state index in [1.165, 1.54) is 5.56 Å². The Hall–Kier alpha value is -2.47. The first-order valence-corrected chi connectivity index (χ1v) is 9.37. The molecule has 1 aromatic heterocycles. The van der Waals surface area contributed by atoms with Gasteiger partial charge in [-0.1, -0.05) is 30.3 Å². The number of carbonyl (C=O) groups excluding carboxylic acids is 1. The van der Waals surface area contributed by atoms with Crippen molar-refractivity contribution in [1.29, 1.82) is 0 Å². The minimum Gasteiger partial charge on any atom is -0.339 e. The van der Waals surface area contributed by atoms with Crippen LogP contribution in [0.5, 0.6) is 0 Å². The maximum absolute atomic E-state index is 12.3. The van der Waals surface area contributed by atoms with Crippen molar-refractivity contribution in [1.82, 2.24) is 20.2 Å². The molecule has 0 radical (unpaired) electrons. The van der Waals surface area contributed by atoms with Crippen molar-refractivity contribution in [2.75, 3.05) is 44.2 Å². The average Bonchev–Trinajstić information content (AvgIpc) is 2.72. The molecular weight excluding hydrogens is 326 g/mol. The van der Waals surface area contributed by atoms with Gasteiger partial charge < -0.3 is 15.1 Å². The number of nitrogens with one attached hydrogen (secondary N) is 1. The van der Waals surface area contributed by atoms with E-state index in [4.69, 9.17) is 0 Å². The zero-order valence-corrected chi connectivity index (χ0v) is 15.2. The molecule has 1 N–H and O–H groups in total. The summed E-state index contributed by atoms with van der Waals surface area (Å²) in [6.07, 6.45) is 6.24. The Labute approximate surface area is 155 Å². The lowest BCUT2D eigenvalue weighted by atomic mass is 10.1. The van der Waals surface area contributed by atoms with Crippen LogP contribution in [0, 0.1) is 0 Å². The van der Waals surface area contributed by atoms with Gasteiger partial charge >= 0.3 is 0 Å². The van der Waals surface area contributed by atoms with Crippen LogP contribution in [0.2, 0.25) is 0 Å². The Morgan fingerprint density at radius 1 is 0.962 bits per heavy atom. The van der Waals surface area contributed by atoms with Crippen molar-refractivity contribution >= 4 is 11.9 Å². The summed E-state index contributed by atoms with van der Waals surface area (Å²) >= 11 is 0. The second kappa shape index (κ2) is 9.87. The Balaban J connectivity index is 1.27. The highest BCUT2D eigenvalue weighted by atomic mass is 16.2. The van der Waals surface area contributed by atoms with Gasteiger partial charge in [0.05, 0.1) is 0 Å². The summed E-state index contributed by atoms with van der Waals surface area (Å²) < 4.78 is 0. The van der Waals surface area contributed by atoms with Gasteiger partial charge in [-0.2, -0.15) is 0 Å². The Morgan fingerprint density at radius 2 is 1.69 bits per heavy atom. The third kappa shape index (κ3) is 5.52. The van der Waals surface area contributed by atoms with Gasteiger partial charge in [-0.05, 0) is 31.0 Å². The Morgan fingerprint density at radius 3 is 2.42 bits per heavy atom. The fourth-order valence-corrected chi connectivity index (χ4v) is 3.15. The number of rotatable bonds is 8. The molecule has 1 fully saturated rings. The lowest BCUT2D eigenvalue weighted by molar-refractivity contribution is -0.131. The van der Waals surface area contributed by atoms with E-state index in [2.05, 4.69) is 44.5 Å². The number of hydrogen-bond acceptors (Lipinski definition) is 5. The molecule has 26 heavy (non-hydrogen) atoms. The molecule has 3 rings (SSSR count). The number of hydrogen-bond donors (Lipinski definition) is 1. The van der Waals surface area contributed by atoms with E-state index in [0.717, 1.165) is 58.1 Å². The number of amides is 1. The minimum absolute atomic E-state index is 0.231. The molecule has 138 valence electrons. The molecule has 0 bridgehead atoms. The van der Waals surface area contributed by atoms with Crippen molar-refractivity contribution in [3.63, 3.8) is 0 Å². The molecule has 6 heteroatoms. The maximum atomic E-state index is 12.3. The zero-order chi connectivity index (χ0) is 18.0. The lowest BCUT2D eigenvalue weighted by Crippen LogP contribution is -2.49. The van der Waals surface area contributed by atoms with Gasteiger partial charge in [-0.3, -0.25) is 4.79 Å². The van der Waals surface area contributed by atoms with Gasteiger partial charge in [0.2, 0.25) is 11.9 Å². The van der Waals surface area contributed by atoms with Crippen LogP contribution in [0.15, 0.2) is 48.8 Å². The monoisotopic (exact) mass is 353 g/mol. The van der Waals surface area contributed by atoms with Crippen LogP contribution in [0.25, 0.3) is 0 Å². The summed E-state index contributed by atoms with van der Waals surface area (Å²) in [5.41, 5.74) is 1.37. The van der Waals surface area contributed by atoms with E-state index in [-0.39, 0.29) is 5.91 Å². The third-order valence-corrected chi connectivity index (χ3v) is 4.64. The first-order chi connectivity index (χ1) is 12.8. The maximum Gasteiger partial charge on any atom is 0.225 e. The number of piperazine rings is 1. The van der Waals surface area contributed by atoms with E-state index in [1.54, 1.807) is 12.4 Å². The Kier molecular flexibility index (Phi) is 6.96. The molecule has 1 saturated heterocycles. The van der Waals surface area contributed by atoms with Crippen LogP contribution in [0.1, 0.15) is 18.4 Å². The normalized spacial score (nSPS) is 14.5. The number of carbonyl (C=O) groups is 1. The molecule has 0 aliphatic carbocycles. The van der Waals surface area contributed by atoms with Crippen LogP contribution >= 0.6 is 0 Å². The number of nitrogens with zero attached hydrogens (tertiary/aromatic N) is 4. The van der Waals surface area contributed by atoms with Crippen LogP contribution in [-0.2, 0) is 11.2 Å². The summed E-state index contributed by atoms with van der Waals surface area (Å²) in [5, 5.41) is 3.38. The summed E-state index contributed by atoms with van der Waals surface area (Å²) in [4.78, 5) is 25.0. The van der Waals surface area contributed by atoms with Crippen molar-refractivity contribution in [3.05, 3.63) is 54.4 Å². The quantitative estimate of drug-likeness (QED) is 0.733. The number of aryl methyl sites for hydroxylation is 1.